The summed E-state index contributed by atoms with van der Waals surface area (Å²) in [5.74, 6) is 0.548. The molecule has 0 bridgehead atoms. The van der Waals surface area contributed by atoms with Gasteiger partial charge in [0.05, 0.1) is 0 Å². The molecule has 0 atom stereocenters. The van der Waals surface area contributed by atoms with Crippen molar-refractivity contribution in [3.8, 4) is 10.4 Å². The van der Waals surface area contributed by atoms with Gasteiger partial charge in [0, 0.05) is 21.1 Å². The number of hydrogen-bond donors (Lipinski definition) is 1. The molecule has 4 heteroatoms. The quantitative estimate of drug-likeness (QED) is 0.850. The topological polar surface area (TPSA) is 38.9 Å². The molecule has 2 nitrogen and oxygen atoms in total. The van der Waals surface area contributed by atoms with Gasteiger partial charge in [-0.25, -0.2) is 4.98 Å². The number of nitrogens with zero attached hydrogens (tertiary/aromatic N) is 1. The first-order chi connectivity index (χ1) is 6.27. The molecule has 0 saturated carbocycles. The Hall–Kier alpha value is -0.870. The Morgan fingerprint density at radius 1 is 1.46 bits per heavy atom. The largest absolute Gasteiger partial charge is 0.384 e. The second kappa shape index (κ2) is 3.47. The number of nitrogens with two attached hydrogens (primary N) is 1. The molecule has 2 aromatic heterocycles. The summed E-state index contributed by atoms with van der Waals surface area (Å²) in [6.07, 6.45) is 1.73. The smallest absolute Gasteiger partial charge is 0.124 e. The first-order valence-corrected chi connectivity index (χ1v) is 5.39. The minimum absolute atomic E-state index is 0.548. The summed E-state index contributed by atoms with van der Waals surface area (Å²) >= 11 is 5.13. The fourth-order valence-electron chi connectivity index (χ4n) is 1.08. The minimum atomic E-state index is 0.548. The molecule has 2 heterocycles. The third kappa shape index (κ3) is 1.73. The summed E-state index contributed by atoms with van der Waals surface area (Å²) in [6.45, 7) is 0. The van der Waals surface area contributed by atoms with E-state index in [0.29, 0.717) is 5.82 Å². The van der Waals surface area contributed by atoms with E-state index in [1.807, 2.05) is 17.5 Å². The van der Waals surface area contributed by atoms with Crippen LogP contribution in [0.4, 0.5) is 5.82 Å². The molecule has 0 unspecified atom stereocenters. The van der Waals surface area contributed by atoms with Gasteiger partial charge in [-0.3, -0.25) is 0 Å². The number of nitrogen functional groups attached to an aromatic ring is 1. The zero-order valence-corrected chi connectivity index (χ0v) is 9.10. The Kier molecular flexibility index (Phi) is 2.33. The van der Waals surface area contributed by atoms with Gasteiger partial charge in [0.15, 0.2) is 0 Å². The van der Waals surface area contributed by atoms with Crippen LogP contribution in [0.15, 0.2) is 34.2 Å². The van der Waals surface area contributed by atoms with E-state index in [2.05, 4.69) is 27.0 Å². The van der Waals surface area contributed by atoms with E-state index in [1.54, 1.807) is 17.5 Å². The molecule has 0 amide bonds. The van der Waals surface area contributed by atoms with Crippen molar-refractivity contribution in [2.45, 2.75) is 0 Å². The van der Waals surface area contributed by atoms with E-state index in [4.69, 9.17) is 5.73 Å². The van der Waals surface area contributed by atoms with Gasteiger partial charge in [0.25, 0.3) is 0 Å². The predicted octanol–water partition coefficient (Wildman–Crippen LogP) is 3.15. The Bertz CT molecular complexity index is 412. The monoisotopic (exact) mass is 254 g/mol. The second-order valence-corrected chi connectivity index (χ2v) is 4.37. The van der Waals surface area contributed by atoms with Crippen molar-refractivity contribution in [3.63, 3.8) is 0 Å². The van der Waals surface area contributed by atoms with E-state index in [0.717, 1.165) is 10.0 Å². The Morgan fingerprint density at radius 2 is 2.31 bits per heavy atom. The molecule has 0 aliphatic carbocycles. The van der Waals surface area contributed by atoms with Gasteiger partial charge in [-0.2, -0.15) is 0 Å². The van der Waals surface area contributed by atoms with E-state index in [1.165, 1.54) is 4.88 Å². The third-order valence-corrected chi connectivity index (χ3v) is 3.20. The molecule has 0 radical (unpaired) electrons. The third-order valence-electron chi connectivity index (χ3n) is 1.66. The molecule has 0 aliphatic heterocycles. The molecule has 2 aromatic rings. The highest BCUT2D eigenvalue weighted by Gasteiger charge is 2.04. The van der Waals surface area contributed by atoms with Gasteiger partial charge in [-0.15, -0.1) is 11.3 Å². The highest BCUT2D eigenvalue weighted by molar-refractivity contribution is 9.10. The summed E-state index contributed by atoms with van der Waals surface area (Å²) < 4.78 is 0.976. The van der Waals surface area contributed by atoms with Gasteiger partial charge in [-0.05, 0) is 33.4 Å². The lowest BCUT2D eigenvalue weighted by Gasteiger charge is -2.01. The maximum absolute atomic E-state index is 5.61. The van der Waals surface area contributed by atoms with Crippen LogP contribution in [-0.2, 0) is 0 Å². The molecule has 0 spiro atoms. The zero-order chi connectivity index (χ0) is 9.26. The highest BCUT2D eigenvalue weighted by atomic mass is 79.9. The SMILES string of the molecule is Nc1cc(-c2cccs2)c(Br)cn1. The summed E-state index contributed by atoms with van der Waals surface area (Å²) in [4.78, 5) is 5.18. The summed E-state index contributed by atoms with van der Waals surface area (Å²) in [6, 6.07) is 5.95. The highest BCUT2D eigenvalue weighted by Crippen LogP contribution is 2.31. The van der Waals surface area contributed by atoms with Crippen molar-refractivity contribution in [1.82, 2.24) is 4.98 Å². The first-order valence-electron chi connectivity index (χ1n) is 3.72. The van der Waals surface area contributed by atoms with E-state index in [-0.39, 0.29) is 0 Å². The van der Waals surface area contributed by atoms with Crippen molar-refractivity contribution in [1.29, 1.82) is 0 Å². The standard InChI is InChI=1S/C9H7BrN2S/c10-7-5-12-9(11)4-6(7)8-2-1-3-13-8/h1-5H,(H2,11,12). The summed E-state index contributed by atoms with van der Waals surface area (Å²) in [5, 5.41) is 2.04. The maximum atomic E-state index is 5.61. The van der Waals surface area contributed by atoms with Crippen LogP contribution in [0.1, 0.15) is 0 Å². The van der Waals surface area contributed by atoms with Crippen molar-refractivity contribution < 1.29 is 0 Å². The molecule has 0 aromatic carbocycles. The first kappa shape index (κ1) is 8.72. The van der Waals surface area contributed by atoms with Gasteiger partial charge in [0.1, 0.15) is 5.82 Å². The van der Waals surface area contributed by atoms with E-state index in [9.17, 15) is 0 Å². The van der Waals surface area contributed by atoms with Gasteiger partial charge < -0.3 is 5.73 Å². The molecule has 13 heavy (non-hydrogen) atoms. The van der Waals surface area contributed by atoms with Gasteiger partial charge in [0.2, 0.25) is 0 Å². The van der Waals surface area contributed by atoms with Crippen molar-refractivity contribution >= 4 is 33.1 Å². The van der Waals surface area contributed by atoms with Crippen molar-refractivity contribution in [3.05, 3.63) is 34.2 Å². The van der Waals surface area contributed by atoms with Crippen molar-refractivity contribution in [2.24, 2.45) is 0 Å². The zero-order valence-electron chi connectivity index (χ0n) is 6.70. The lowest BCUT2D eigenvalue weighted by Crippen LogP contribution is -1.89. The number of pyridine rings is 1. The average Bonchev–Trinajstić information content (AvgIpc) is 2.61. The molecule has 0 saturated heterocycles. The fraction of sp³-hybridized carbons (Fsp3) is 0. The Morgan fingerprint density at radius 3 is 3.00 bits per heavy atom. The van der Waals surface area contributed by atoms with Gasteiger partial charge >= 0.3 is 0 Å². The van der Waals surface area contributed by atoms with Crippen molar-refractivity contribution in [2.75, 3.05) is 5.73 Å². The number of thiophene rings is 1. The van der Waals surface area contributed by atoms with E-state index < -0.39 is 0 Å². The second-order valence-electron chi connectivity index (χ2n) is 2.57. The number of rotatable bonds is 1. The Labute approximate surface area is 88.6 Å². The lowest BCUT2D eigenvalue weighted by molar-refractivity contribution is 1.32. The fourth-order valence-corrected chi connectivity index (χ4v) is 2.39. The molecule has 2 N–H and O–H groups in total. The van der Waals surface area contributed by atoms with Crippen LogP contribution in [0.5, 0.6) is 0 Å². The average molecular weight is 255 g/mol. The summed E-state index contributed by atoms with van der Waals surface area (Å²) in [7, 11) is 0. The van der Waals surface area contributed by atoms with E-state index >= 15 is 0 Å². The summed E-state index contributed by atoms with van der Waals surface area (Å²) in [5.41, 5.74) is 6.71. The van der Waals surface area contributed by atoms with Gasteiger partial charge in [-0.1, -0.05) is 6.07 Å². The van der Waals surface area contributed by atoms with Crippen LogP contribution in [0, 0.1) is 0 Å². The minimum Gasteiger partial charge on any atom is -0.384 e. The molecule has 0 aliphatic rings. The Balaban J connectivity index is 2.57. The number of halogens is 1. The predicted molar refractivity (Wildman–Crippen MR) is 59.7 cm³/mol. The number of hydrogen-bond acceptors (Lipinski definition) is 3. The molecule has 66 valence electrons. The van der Waals surface area contributed by atoms with Crippen LogP contribution >= 0.6 is 27.3 Å². The normalized spacial score (nSPS) is 10.2. The molecular weight excluding hydrogens is 248 g/mol. The van der Waals surface area contributed by atoms with Crippen LogP contribution in [0.2, 0.25) is 0 Å². The van der Waals surface area contributed by atoms with Crippen LogP contribution in [0.25, 0.3) is 10.4 Å². The molecular formula is C9H7BrN2S. The van der Waals surface area contributed by atoms with Crippen LogP contribution in [0.3, 0.4) is 0 Å². The molecule has 0 fully saturated rings. The van der Waals surface area contributed by atoms with Crippen LogP contribution < -0.4 is 5.73 Å². The number of anilines is 1. The van der Waals surface area contributed by atoms with Crippen LogP contribution in [-0.4, -0.2) is 4.98 Å². The lowest BCUT2D eigenvalue weighted by atomic mass is 10.2. The number of aromatic nitrogens is 1. The molecule has 2 rings (SSSR count). The maximum Gasteiger partial charge on any atom is 0.124 e.